The molecule has 2 aromatic carbocycles. The van der Waals surface area contributed by atoms with Crippen molar-refractivity contribution in [3.05, 3.63) is 66.0 Å². The Kier molecular flexibility index (Phi) is 4.48. The van der Waals surface area contributed by atoms with Gasteiger partial charge in [0.2, 0.25) is 0 Å². The lowest BCUT2D eigenvalue weighted by Gasteiger charge is -2.06. The Balaban J connectivity index is 2.15. The fourth-order valence-corrected chi connectivity index (χ4v) is 3.17. The lowest BCUT2D eigenvalue weighted by molar-refractivity contribution is 0.0528. The van der Waals surface area contributed by atoms with Crippen LogP contribution < -0.4 is 0 Å². The molecule has 3 nitrogen and oxygen atoms in total. The minimum absolute atomic E-state index is 0.283. The molecule has 0 N–H and O–H groups in total. The monoisotopic (exact) mass is 327 g/mol. The summed E-state index contributed by atoms with van der Waals surface area (Å²) in [7, 11) is 0. The first-order valence-corrected chi connectivity index (χ1v) is 7.96. The fraction of sp³-hybridized carbons (Fsp3) is 0.111. The van der Waals surface area contributed by atoms with Crippen LogP contribution in [0.4, 0.5) is 4.39 Å². The Morgan fingerprint density at radius 1 is 1.09 bits per heavy atom. The van der Waals surface area contributed by atoms with E-state index in [-0.39, 0.29) is 12.4 Å². The third-order valence-electron chi connectivity index (χ3n) is 3.33. The van der Waals surface area contributed by atoms with Gasteiger partial charge in [-0.15, -0.1) is 0 Å². The largest absolute Gasteiger partial charge is 0.462 e. The lowest BCUT2D eigenvalue weighted by Crippen LogP contribution is -2.06. The standard InChI is InChI=1S/C18H14FNO2S/c1-2-22-18(21)15-16(12-8-10-14(19)11-9-12)20-23-17(15)13-6-4-3-5-7-13/h3-11H,2H2,1H3. The summed E-state index contributed by atoms with van der Waals surface area (Å²) in [5.74, 6) is -0.746. The van der Waals surface area contributed by atoms with Crippen LogP contribution in [0.5, 0.6) is 0 Å². The minimum Gasteiger partial charge on any atom is -0.462 e. The zero-order valence-corrected chi connectivity index (χ0v) is 13.3. The van der Waals surface area contributed by atoms with E-state index in [0.29, 0.717) is 16.8 Å². The summed E-state index contributed by atoms with van der Waals surface area (Å²) >= 11 is 1.24. The van der Waals surface area contributed by atoms with Crippen molar-refractivity contribution in [3.8, 4) is 21.7 Å². The highest BCUT2D eigenvalue weighted by Gasteiger charge is 2.24. The predicted octanol–water partition coefficient (Wildman–Crippen LogP) is 4.79. The van der Waals surface area contributed by atoms with Crippen molar-refractivity contribution in [3.63, 3.8) is 0 Å². The molecule has 3 aromatic rings. The molecule has 0 saturated carbocycles. The molecule has 0 spiro atoms. The summed E-state index contributed by atoms with van der Waals surface area (Å²) in [4.78, 5) is 13.2. The number of ether oxygens (including phenoxy) is 1. The first-order valence-electron chi connectivity index (χ1n) is 7.19. The van der Waals surface area contributed by atoms with Gasteiger partial charge in [0.25, 0.3) is 0 Å². The van der Waals surface area contributed by atoms with Crippen LogP contribution in [-0.4, -0.2) is 16.9 Å². The predicted molar refractivity (Wildman–Crippen MR) is 88.9 cm³/mol. The van der Waals surface area contributed by atoms with E-state index in [9.17, 15) is 9.18 Å². The molecular formula is C18H14FNO2S. The molecule has 1 aromatic heterocycles. The smallest absolute Gasteiger partial charge is 0.341 e. The number of esters is 1. The number of carbonyl (C=O) groups excluding carboxylic acids is 1. The van der Waals surface area contributed by atoms with E-state index in [1.807, 2.05) is 30.3 Å². The van der Waals surface area contributed by atoms with Gasteiger partial charge in [0.15, 0.2) is 0 Å². The number of rotatable bonds is 4. The maximum absolute atomic E-state index is 13.1. The van der Waals surface area contributed by atoms with Crippen molar-refractivity contribution >= 4 is 17.5 Å². The fourth-order valence-electron chi connectivity index (χ4n) is 2.27. The van der Waals surface area contributed by atoms with Gasteiger partial charge in [-0.2, -0.15) is 4.37 Å². The van der Waals surface area contributed by atoms with E-state index in [4.69, 9.17) is 4.74 Å². The van der Waals surface area contributed by atoms with Gasteiger partial charge >= 0.3 is 5.97 Å². The normalized spacial score (nSPS) is 10.5. The summed E-state index contributed by atoms with van der Waals surface area (Å²) in [5, 5.41) is 0. The average molecular weight is 327 g/mol. The molecule has 116 valence electrons. The Morgan fingerprint density at radius 3 is 2.43 bits per heavy atom. The number of nitrogens with zero attached hydrogens (tertiary/aromatic N) is 1. The number of benzene rings is 2. The second kappa shape index (κ2) is 6.71. The molecule has 0 bridgehead atoms. The number of hydrogen-bond donors (Lipinski definition) is 0. The van der Waals surface area contributed by atoms with Crippen LogP contribution in [0.2, 0.25) is 0 Å². The van der Waals surface area contributed by atoms with Gasteiger partial charge in [0, 0.05) is 5.56 Å². The minimum atomic E-state index is -0.417. The molecule has 0 fully saturated rings. The van der Waals surface area contributed by atoms with Crippen molar-refractivity contribution in [2.75, 3.05) is 6.61 Å². The van der Waals surface area contributed by atoms with Crippen LogP contribution in [0.1, 0.15) is 17.3 Å². The molecule has 0 unspecified atom stereocenters. The molecule has 23 heavy (non-hydrogen) atoms. The summed E-state index contributed by atoms with van der Waals surface area (Å²) < 4.78 is 22.7. The number of halogens is 1. The molecule has 1 heterocycles. The van der Waals surface area contributed by atoms with Crippen LogP contribution in [0.25, 0.3) is 21.7 Å². The van der Waals surface area contributed by atoms with Gasteiger partial charge in [-0.25, -0.2) is 9.18 Å². The molecule has 0 aliphatic carbocycles. The van der Waals surface area contributed by atoms with Crippen molar-refractivity contribution in [2.24, 2.45) is 0 Å². The molecule has 0 aliphatic heterocycles. The SMILES string of the molecule is CCOC(=O)c1c(-c2ccc(F)cc2)nsc1-c1ccccc1. The second-order valence-electron chi connectivity index (χ2n) is 4.83. The number of hydrogen-bond acceptors (Lipinski definition) is 4. The van der Waals surface area contributed by atoms with Gasteiger partial charge < -0.3 is 4.74 Å². The first kappa shape index (κ1) is 15.4. The van der Waals surface area contributed by atoms with Crippen molar-refractivity contribution in [1.82, 2.24) is 4.37 Å². The Morgan fingerprint density at radius 2 is 1.78 bits per heavy atom. The topological polar surface area (TPSA) is 39.2 Å². The van der Waals surface area contributed by atoms with Gasteiger partial charge in [-0.1, -0.05) is 30.3 Å². The molecule has 0 saturated heterocycles. The molecule has 3 rings (SSSR count). The van der Waals surface area contributed by atoms with E-state index in [1.165, 1.54) is 23.7 Å². The summed E-state index contributed by atoms with van der Waals surface area (Å²) in [6.07, 6.45) is 0. The molecule has 5 heteroatoms. The van der Waals surface area contributed by atoms with Gasteiger partial charge in [0.1, 0.15) is 11.4 Å². The van der Waals surface area contributed by atoms with E-state index in [2.05, 4.69) is 4.37 Å². The number of aromatic nitrogens is 1. The maximum atomic E-state index is 13.1. The molecule has 0 radical (unpaired) electrons. The lowest BCUT2D eigenvalue weighted by atomic mass is 10.0. The Hall–Kier alpha value is -2.53. The first-order chi connectivity index (χ1) is 11.2. The summed E-state index contributed by atoms with van der Waals surface area (Å²) in [5.41, 5.74) is 2.54. The molecular weight excluding hydrogens is 313 g/mol. The van der Waals surface area contributed by atoms with Crippen LogP contribution in [0, 0.1) is 5.82 Å². The van der Waals surface area contributed by atoms with Crippen molar-refractivity contribution in [1.29, 1.82) is 0 Å². The maximum Gasteiger partial charge on any atom is 0.341 e. The summed E-state index contributed by atoms with van der Waals surface area (Å²) in [6, 6.07) is 15.5. The summed E-state index contributed by atoms with van der Waals surface area (Å²) in [6.45, 7) is 2.04. The third kappa shape index (κ3) is 3.14. The quantitative estimate of drug-likeness (QED) is 0.647. The van der Waals surface area contributed by atoms with E-state index in [0.717, 1.165) is 10.4 Å². The van der Waals surface area contributed by atoms with Gasteiger partial charge in [0.05, 0.1) is 17.2 Å². The third-order valence-corrected chi connectivity index (χ3v) is 4.22. The molecule has 0 aliphatic rings. The zero-order chi connectivity index (χ0) is 16.2. The second-order valence-corrected chi connectivity index (χ2v) is 5.60. The molecule has 0 atom stereocenters. The highest BCUT2D eigenvalue weighted by atomic mass is 32.1. The van der Waals surface area contributed by atoms with Crippen LogP contribution in [0.15, 0.2) is 54.6 Å². The van der Waals surface area contributed by atoms with Crippen LogP contribution in [-0.2, 0) is 4.74 Å². The Bertz CT molecular complexity index is 813. The van der Waals surface area contributed by atoms with Crippen molar-refractivity contribution < 1.29 is 13.9 Å². The van der Waals surface area contributed by atoms with Gasteiger partial charge in [-0.05, 0) is 48.3 Å². The Labute approximate surface area is 137 Å². The zero-order valence-electron chi connectivity index (χ0n) is 12.5. The van der Waals surface area contributed by atoms with Crippen LogP contribution >= 0.6 is 11.5 Å². The number of carbonyl (C=O) groups is 1. The highest BCUT2D eigenvalue weighted by Crippen LogP contribution is 2.36. The van der Waals surface area contributed by atoms with E-state index < -0.39 is 5.97 Å². The van der Waals surface area contributed by atoms with E-state index in [1.54, 1.807) is 19.1 Å². The van der Waals surface area contributed by atoms with Crippen LogP contribution in [0.3, 0.4) is 0 Å². The van der Waals surface area contributed by atoms with E-state index >= 15 is 0 Å². The van der Waals surface area contributed by atoms with Gasteiger partial charge in [-0.3, -0.25) is 0 Å². The van der Waals surface area contributed by atoms with Crippen molar-refractivity contribution in [2.45, 2.75) is 6.92 Å². The highest BCUT2D eigenvalue weighted by molar-refractivity contribution is 7.10. The molecule has 0 amide bonds. The average Bonchev–Trinajstić information content (AvgIpc) is 3.01.